The second-order valence-corrected chi connectivity index (χ2v) is 5.73. The molecule has 0 radical (unpaired) electrons. The van der Waals surface area contributed by atoms with Gasteiger partial charge in [-0.05, 0) is 12.5 Å². The summed E-state index contributed by atoms with van der Waals surface area (Å²) in [6.07, 6.45) is 0. The molecule has 0 aromatic heterocycles. The first-order valence-corrected chi connectivity index (χ1v) is 7.06. The van der Waals surface area contributed by atoms with E-state index in [1.807, 2.05) is 6.92 Å². The van der Waals surface area contributed by atoms with Crippen LogP contribution in [0, 0.1) is 5.92 Å². The maximum atomic E-state index is 11.7. The van der Waals surface area contributed by atoms with Gasteiger partial charge in [0.15, 0.2) is 0 Å². The molecular weight excluding hydrogens is 212 g/mol. The molecule has 1 rings (SSSR count). The van der Waals surface area contributed by atoms with Crippen molar-refractivity contribution in [3.63, 3.8) is 0 Å². The quantitative estimate of drug-likeness (QED) is 0.683. The van der Waals surface area contributed by atoms with Gasteiger partial charge in [-0.3, -0.25) is 9.11 Å². The highest BCUT2D eigenvalue weighted by Crippen LogP contribution is 1.99. The molecule has 4 nitrogen and oxygen atoms in total. The Bertz CT molecular complexity index is 196. The Kier molecular flexibility index (Phi) is 6.40. The summed E-state index contributed by atoms with van der Waals surface area (Å²) >= 11 is 0. The van der Waals surface area contributed by atoms with E-state index in [0.717, 1.165) is 44.4 Å². The summed E-state index contributed by atoms with van der Waals surface area (Å²) in [6.45, 7) is 7.17. The van der Waals surface area contributed by atoms with Gasteiger partial charge in [-0.15, -0.1) is 0 Å². The average molecular weight is 234 g/mol. The van der Waals surface area contributed by atoms with Crippen LogP contribution in [0.2, 0.25) is 0 Å². The predicted octanol–water partition coefficient (Wildman–Crippen LogP) is -0.338. The molecule has 1 saturated heterocycles. The maximum Gasteiger partial charge on any atom is 0.0594 e. The van der Waals surface area contributed by atoms with Crippen molar-refractivity contribution in [2.45, 2.75) is 6.92 Å². The summed E-state index contributed by atoms with van der Waals surface area (Å²) < 4.78 is 16.9. The van der Waals surface area contributed by atoms with E-state index in [9.17, 15) is 4.21 Å². The minimum absolute atomic E-state index is 0.371. The molecule has 0 aromatic rings. The van der Waals surface area contributed by atoms with Crippen LogP contribution in [0.3, 0.4) is 0 Å². The highest BCUT2D eigenvalue weighted by atomic mass is 32.2. The van der Waals surface area contributed by atoms with Crippen molar-refractivity contribution in [3.05, 3.63) is 0 Å². The van der Waals surface area contributed by atoms with E-state index in [0.29, 0.717) is 12.5 Å². The fraction of sp³-hybridized carbons (Fsp3) is 1.00. The molecule has 90 valence electrons. The average Bonchev–Trinajstić information content (AvgIpc) is 2.27. The molecule has 5 heteroatoms. The zero-order valence-corrected chi connectivity index (χ0v) is 10.3. The van der Waals surface area contributed by atoms with E-state index in [1.165, 1.54) is 0 Å². The molecule has 2 atom stereocenters. The van der Waals surface area contributed by atoms with E-state index >= 15 is 0 Å². The summed E-state index contributed by atoms with van der Waals surface area (Å²) in [7, 11) is -0.714. The van der Waals surface area contributed by atoms with Gasteiger partial charge < -0.3 is 10.5 Å². The number of hydrogen-bond acceptors (Lipinski definition) is 4. The third-order valence-electron chi connectivity index (χ3n) is 2.61. The Morgan fingerprint density at radius 2 is 2.13 bits per heavy atom. The summed E-state index contributed by atoms with van der Waals surface area (Å²) in [5.74, 6) is 1.88. The van der Waals surface area contributed by atoms with Crippen molar-refractivity contribution in [1.29, 1.82) is 0 Å². The Morgan fingerprint density at radius 1 is 1.47 bits per heavy atom. The minimum atomic E-state index is -0.714. The lowest BCUT2D eigenvalue weighted by molar-refractivity contribution is 0.0409. The highest BCUT2D eigenvalue weighted by Gasteiger charge is 2.12. The van der Waals surface area contributed by atoms with Gasteiger partial charge >= 0.3 is 0 Å². The van der Waals surface area contributed by atoms with Crippen LogP contribution in [0.5, 0.6) is 0 Å². The van der Waals surface area contributed by atoms with E-state index in [-0.39, 0.29) is 0 Å². The van der Waals surface area contributed by atoms with Gasteiger partial charge in [0, 0.05) is 41.9 Å². The molecule has 0 bridgehead atoms. The Morgan fingerprint density at radius 3 is 2.73 bits per heavy atom. The molecule has 1 aliphatic heterocycles. The van der Waals surface area contributed by atoms with Gasteiger partial charge in [-0.2, -0.15) is 0 Å². The van der Waals surface area contributed by atoms with Crippen molar-refractivity contribution in [3.8, 4) is 0 Å². The van der Waals surface area contributed by atoms with Gasteiger partial charge in [-0.25, -0.2) is 0 Å². The standard InChI is InChI=1S/C10H22N2O2S/c1-10(8-11)9-15(13)7-4-12-2-5-14-6-3-12/h10H,2-9,11H2,1H3. The van der Waals surface area contributed by atoms with Gasteiger partial charge in [0.2, 0.25) is 0 Å². The smallest absolute Gasteiger partial charge is 0.0594 e. The van der Waals surface area contributed by atoms with E-state index < -0.39 is 10.8 Å². The normalized spacial score (nSPS) is 22.5. The summed E-state index contributed by atoms with van der Waals surface area (Å²) in [4.78, 5) is 2.31. The van der Waals surface area contributed by atoms with Crippen molar-refractivity contribution in [1.82, 2.24) is 4.90 Å². The van der Waals surface area contributed by atoms with Crippen LogP contribution in [0.4, 0.5) is 0 Å². The summed E-state index contributed by atoms with van der Waals surface area (Å²) in [5.41, 5.74) is 5.50. The molecule has 1 aliphatic rings. The lowest BCUT2D eigenvalue weighted by atomic mass is 10.2. The van der Waals surface area contributed by atoms with Crippen molar-refractivity contribution in [2.24, 2.45) is 11.7 Å². The van der Waals surface area contributed by atoms with Gasteiger partial charge in [0.05, 0.1) is 13.2 Å². The topological polar surface area (TPSA) is 55.6 Å². The van der Waals surface area contributed by atoms with Gasteiger partial charge in [0.1, 0.15) is 0 Å². The first-order valence-electron chi connectivity index (χ1n) is 5.57. The van der Waals surface area contributed by atoms with Crippen LogP contribution in [0.25, 0.3) is 0 Å². The molecule has 2 unspecified atom stereocenters. The second kappa shape index (κ2) is 7.33. The predicted molar refractivity (Wildman–Crippen MR) is 63.4 cm³/mol. The summed E-state index contributed by atoms with van der Waals surface area (Å²) in [5, 5.41) is 0. The lowest BCUT2D eigenvalue weighted by Gasteiger charge is -2.26. The Hall–Kier alpha value is 0.0300. The van der Waals surface area contributed by atoms with Crippen LogP contribution >= 0.6 is 0 Å². The molecule has 0 aromatic carbocycles. The lowest BCUT2D eigenvalue weighted by Crippen LogP contribution is -2.38. The fourth-order valence-corrected chi connectivity index (χ4v) is 2.92. The number of morpholine rings is 1. The zero-order chi connectivity index (χ0) is 11.1. The van der Waals surface area contributed by atoms with Gasteiger partial charge in [-0.1, -0.05) is 6.92 Å². The number of ether oxygens (including phenoxy) is 1. The van der Waals surface area contributed by atoms with E-state index in [2.05, 4.69) is 4.90 Å². The number of nitrogens with zero attached hydrogens (tertiary/aromatic N) is 1. The molecular formula is C10H22N2O2S. The molecule has 1 heterocycles. The van der Waals surface area contributed by atoms with Crippen LogP contribution in [0.15, 0.2) is 0 Å². The van der Waals surface area contributed by atoms with Crippen LogP contribution in [-0.2, 0) is 15.5 Å². The number of hydrogen-bond donors (Lipinski definition) is 1. The third-order valence-corrected chi connectivity index (χ3v) is 4.19. The number of nitrogens with two attached hydrogens (primary N) is 1. The SMILES string of the molecule is CC(CN)CS(=O)CCN1CCOCC1. The molecule has 2 N–H and O–H groups in total. The van der Waals surface area contributed by atoms with Gasteiger partial charge in [0.25, 0.3) is 0 Å². The molecule has 0 amide bonds. The van der Waals surface area contributed by atoms with E-state index in [4.69, 9.17) is 10.5 Å². The third kappa shape index (κ3) is 5.61. The Balaban J connectivity index is 2.10. The molecule has 0 saturated carbocycles. The minimum Gasteiger partial charge on any atom is -0.379 e. The summed E-state index contributed by atoms with van der Waals surface area (Å²) in [6, 6.07) is 0. The van der Waals surface area contributed by atoms with Crippen molar-refractivity contribution < 1.29 is 8.95 Å². The molecule has 0 aliphatic carbocycles. The maximum absolute atomic E-state index is 11.7. The second-order valence-electron chi connectivity index (χ2n) is 4.11. The van der Waals surface area contributed by atoms with Crippen LogP contribution in [0.1, 0.15) is 6.92 Å². The number of rotatable bonds is 6. The molecule has 15 heavy (non-hydrogen) atoms. The Labute approximate surface area is 94.6 Å². The van der Waals surface area contributed by atoms with Crippen molar-refractivity contribution >= 4 is 10.8 Å². The highest BCUT2D eigenvalue weighted by molar-refractivity contribution is 7.85. The van der Waals surface area contributed by atoms with Crippen molar-refractivity contribution in [2.75, 3.05) is 50.9 Å². The first kappa shape index (κ1) is 13.1. The molecule has 0 spiro atoms. The largest absolute Gasteiger partial charge is 0.379 e. The van der Waals surface area contributed by atoms with Crippen LogP contribution < -0.4 is 5.73 Å². The van der Waals surface area contributed by atoms with Crippen LogP contribution in [-0.4, -0.2) is 60.0 Å². The first-order chi connectivity index (χ1) is 7.22. The van der Waals surface area contributed by atoms with E-state index in [1.54, 1.807) is 0 Å². The fourth-order valence-electron chi connectivity index (χ4n) is 1.52. The molecule has 1 fully saturated rings. The zero-order valence-electron chi connectivity index (χ0n) is 9.48. The monoisotopic (exact) mass is 234 g/mol.